The monoisotopic (exact) mass is 261 g/mol. The number of anilines is 1. The lowest BCUT2D eigenvalue weighted by Gasteiger charge is -2.05. The molecule has 2 N–H and O–H groups in total. The molecule has 1 fully saturated rings. The van der Waals surface area contributed by atoms with E-state index in [1.807, 2.05) is 24.3 Å². The van der Waals surface area contributed by atoms with Gasteiger partial charge in [0.15, 0.2) is 0 Å². The van der Waals surface area contributed by atoms with Crippen molar-refractivity contribution >= 4 is 17.2 Å². The Labute approximate surface area is 110 Å². The van der Waals surface area contributed by atoms with Crippen LogP contribution in [-0.4, -0.2) is 16.0 Å². The molecule has 1 heterocycles. The van der Waals surface area contributed by atoms with Gasteiger partial charge in [0.05, 0.1) is 6.61 Å². The summed E-state index contributed by atoms with van der Waals surface area (Å²) in [5.74, 6) is 1.54. The molecular weight excluding hydrogens is 246 g/mol. The van der Waals surface area contributed by atoms with E-state index < -0.39 is 0 Å². The number of ether oxygens (including phenoxy) is 1. The molecule has 4 nitrogen and oxygen atoms in total. The molecule has 0 amide bonds. The molecule has 3 rings (SSSR count). The highest BCUT2D eigenvalue weighted by Gasteiger charge is 2.28. The second kappa shape index (κ2) is 4.94. The van der Waals surface area contributed by atoms with Gasteiger partial charge < -0.3 is 10.5 Å². The number of nitrogens with two attached hydrogens (primary N) is 1. The minimum atomic E-state index is 0.586. The smallest absolute Gasteiger partial charge is 0.293 e. The fraction of sp³-hybridized carbons (Fsp3) is 0.385. The second-order valence-electron chi connectivity index (χ2n) is 4.49. The summed E-state index contributed by atoms with van der Waals surface area (Å²) in [4.78, 5) is 4.38. The summed E-state index contributed by atoms with van der Waals surface area (Å²) in [5.41, 5.74) is 7.80. The van der Waals surface area contributed by atoms with Gasteiger partial charge in [-0.25, -0.2) is 0 Å². The first kappa shape index (κ1) is 11.5. The fourth-order valence-corrected chi connectivity index (χ4v) is 2.43. The third-order valence-electron chi connectivity index (χ3n) is 3.02. The fourth-order valence-electron chi connectivity index (χ4n) is 1.80. The molecule has 1 aliphatic rings. The Morgan fingerprint density at radius 1 is 1.33 bits per heavy atom. The topological polar surface area (TPSA) is 61.0 Å². The number of rotatable bonds is 5. The van der Waals surface area contributed by atoms with Crippen molar-refractivity contribution in [2.75, 3.05) is 12.3 Å². The SMILES string of the molecule is Nc1ccccc1CCOc1nc(C2CC2)ns1. The van der Waals surface area contributed by atoms with Crippen molar-refractivity contribution in [3.05, 3.63) is 35.7 Å². The molecule has 0 spiro atoms. The van der Waals surface area contributed by atoms with Gasteiger partial charge in [0.1, 0.15) is 5.82 Å². The molecule has 0 bridgehead atoms. The molecule has 0 saturated heterocycles. The summed E-state index contributed by atoms with van der Waals surface area (Å²) in [7, 11) is 0. The predicted octanol–water partition coefficient (Wildman–Crippen LogP) is 2.62. The Bertz CT molecular complexity index is 537. The lowest BCUT2D eigenvalue weighted by atomic mass is 10.1. The number of hydrogen-bond acceptors (Lipinski definition) is 5. The van der Waals surface area contributed by atoms with Crippen LogP contribution < -0.4 is 10.5 Å². The van der Waals surface area contributed by atoms with Crippen LogP contribution in [-0.2, 0) is 6.42 Å². The van der Waals surface area contributed by atoms with Gasteiger partial charge in [-0.1, -0.05) is 18.2 Å². The molecule has 1 aromatic carbocycles. The zero-order valence-corrected chi connectivity index (χ0v) is 10.8. The van der Waals surface area contributed by atoms with E-state index in [2.05, 4.69) is 9.36 Å². The number of para-hydroxylation sites is 1. The van der Waals surface area contributed by atoms with Crippen molar-refractivity contribution in [3.63, 3.8) is 0 Å². The van der Waals surface area contributed by atoms with Gasteiger partial charge >= 0.3 is 0 Å². The van der Waals surface area contributed by atoms with Gasteiger partial charge in [0, 0.05) is 29.6 Å². The minimum Gasteiger partial charge on any atom is -0.469 e. The van der Waals surface area contributed by atoms with Crippen molar-refractivity contribution in [2.24, 2.45) is 0 Å². The first-order valence-electron chi connectivity index (χ1n) is 6.13. The van der Waals surface area contributed by atoms with E-state index in [1.54, 1.807) is 0 Å². The van der Waals surface area contributed by atoms with Crippen LogP contribution in [0.4, 0.5) is 5.69 Å². The van der Waals surface area contributed by atoms with Crippen molar-refractivity contribution < 1.29 is 4.74 Å². The molecular formula is C13H15N3OS. The molecule has 1 saturated carbocycles. The van der Waals surface area contributed by atoms with Crippen LogP contribution in [0.1, 0.15) is 30.1 Å². The van der Waals surface area contributed by atoms with Gasteiger partial charge in [-0.15, -0.1) is 0 Å². The maximum absolute atomic E-state index is 5.87. The Kier molecular flexibility index (Phi) is 3.15. The average Bonchev–Trinajstić information content (AvgIpc) is 3.12. The molecule has 5 heteroatoms. The van der Waals surface area contributed by atoms with Crippen LogP contribution in [0.2, 0.25) is 0 Å². The van der Waals surface area contributed by atoms with Crippen LogP contribution in [0.3, 0.4) is 0 Å². The molecule has 18 heavy (non-hydrogen) atoms. The van der Waals surface area contributed by atoms with E-state index in [1.165, 1.54) is 24.4 Å². The highest BCUT2D eigenvalue weighted by molar-refractivity contribution is 7.07. The molecule has 2 aromatic rings. The number of hydrogen-bond donors (Lipinski definition) is 1. The van der Waals surface area contributed by atoms with Crippen LogP contribution >= 0.6 is 11.5 Å². The van der Waals surface area contributed by atoms with E-state index in [-0.39, 0.29) is 0 Å². The predicted molar refractivity (Wildman–Crippen MR) is 71.9 cm³/mol. The quantitative estimate of drug-likeness (QED) is 0.840. The zero-order valence-electron chi connectivity index (χ0n) is 10.0. The summed E-state index contributed by atoms with van der Waals surface area (Å²) in [6.45, 7) is 0.591. The van der Waals surface area contributed by atoms with Crippen molar-refractivity contribution in [1.82, 2.24) is 9.36 Å². The Hall–Kier alpha value is -1.62. The van der Waals surface area contributed by atoms with Crippen LogP contribution in [0.5, 0.6) is 5.19 Å². The average molecular weight is 261 g/mol. The Morgan fingerprint density at radius 3 is 2.94 bits per heavy atom. The van der Waals surface area contributed by atoms with E-state index in [0.29, 0.717) is 17.7 Å². The largest absolute Gasteiger partial charge is 0.469 e. The summed E-state index contributed by atoms with van der Waals surface area (Å²) in [6.07, 6.45) is 3.23. The molecule has 1 aromatic heterocycles. The van der Waals surface area contributed by atoms with Gasteiger partial charge in [0.2, 0.25) is 0 Å². The Balaban J connectivity index is 1.53. The number of benzene rings is 1. The van der Waals surface area contributed by atoms with Crippen LogP contribution in [0.15, 0.2) is 24.3 Å². The van der Waals surface area contributed by atoms with Crippen molar-refractivity contribution in [2.45, 2.75) is 25.2 Å². The van der Waals surface area contributed by atoms with Crippen LogP contribution in [0, 0.1) is 0 Å². The molecule has 0 radical (unpaired) electrons. The van der Waals surface area contributed by atoms with Gasteiger partial charge in [-0.2, -0.15) is 9.36 Å². The molecule has 94 valence electrons. The minimum absolute atomic E-state index is 0.586. The highest BCUT2D eigenvalue weighted by atomic mass is 32.1. The number of nitrogen functional groups attached to an aromatic ring is 1. The summed E-state index contributed by atoms with van der Waals surface area (Å²) < 4.78 is 9.92. The Morgan fingerprint density at radius 2 is 2.17 bits per heavy atom. The molecule has 0 unspecified atom stereocenters. The van der Waals surface area contributed by atoms with Gasteiger partial charge in [0.25, 0.3) is 5.19 Å². The first-order valence-corrected chi connectivity index (χ1v) is 6.90. The third kappa shape index (κ3) is 2.61. The first-order chi connectivity index (χ1) is 8.83. The van der Waals surface area contributed by atoms with Crippen molar-refractivity contribution in [3.8, 4) is 5.19 Å². The highest BCUT2D eigenvalue weighted by Crippen LogP contribution is 2.39. The second-order valence-corrected chi connectivity index (χ2v) is 5.20. The molecule has 1 aliphatic carbocycles. The van der Waals surface area contributed by atoms with E-state index in [9.17, 15) is 0 Å². The van der Waals surface area contributed by atoms with E-state index in [0.717, 1.165) is 23.5 Å². The third-order valence-corrected chi connectivity index (χ3v) is 3.66. The van der Waals surface area contributed by atoms with E-state index in [4.69, 9.17) is 10.5 Å². The van der Waals surface area contributed by atoms with Crippen LogP contribution in [0.25, 0.3) is 0 Å². The van der Waals surface area contributed by atoms with E-state index >= 15 is 0 Å². The normalized spacial score (nSPS) is 14.7. The number of aromatic nitrogens is 2. The number of nitrogens with zero attached hydrogens (tertiary/aromatic N) is 2. The molecule has 0 atom stereocenters. The summed E-state index contributed by atoms with van der Waals surface area (Å²) in [6, 6.07) is 7.86. The van der Waals surface area contributed by atoms with Gasteiger partial charge in [-0.05, 0) is 24.5 Å². The maximum Gasteiger partial charge on any atom is 0.293 e. The molecule has 0 aliphatic heterocycles. The summed E-state index contributed by atoms with van der Waals surface area (Å²) >= 11 is 1.34. The summed E-state index contributed by atoms with van der Waals surface area (Å²) in [5, 5.41) is 0.673. The standard InChI is InChI=1S/C13H15N3OS/c14-11-4-2-1-3-9(11)7-8-17-13-15-12(16-18-13)10-5-6-10/h1-4,10H,5-8,14H2. The van der Waals surface area contributed by atoms with Crippen molar-refractivity contribution in [1.29, 1.82) is 0 Å². The lowest BCUT2D eigenvalue weighted by Crippen LogP contribution is -2.03. The maximum atomic E-state index is 5.87. The zero-order chi connectivity index (χ0) is 12.4. The lowest BCUT2D eigenvalue weighted by molar-refractivity contribution is 0.319. The van der Waals surface area contributed by atoms with Gasteiger partial charge in [-0.3, -0.25) is 0 Å².